The third kappa shape index (κ3) is 7.60. The Balaban J connectivity index is 1.40. The van der Waals surface area contributed by atoms with Crippen LogP contribution in [0.5, 0.6) is 0 Å². The molecule has 0 aliphatic carbocycles. The first-order valence-corrected chi connectivity index (χ1v) is 20.9. The van der Waals surface area contributed by atoms with Crippen LogP contribution in [0.2, 0.25) is 36.3 Å². The zero-order chi connectivity index (χ0) is 26.8. The van der Waals surface area contributed by atoms with Crippen molar-refractivity contribution in [3.05, 3.63) is 0 Å². The lowest BCUT2D eigenvalue weighted by Crippen LogP contribution is -2.62. The van der Waals surface area contributed by atoms with E-state index in [1.165, 1.54) is 70.2 Å². The fourth-order valence-corrected chi connectivity index (χ4v) is 7.77. The van der Waals surface area contributed by atoms with E-state index in [2.05, 4.69) is 82.9 Å². The summed E-state index contributed by atoms with van der Waals surface area (Å²) >= 11 is 0. The van der Waals surface area contributed by atoms with Gasteiger partial charge in [-0.05, 0) is 87.6 Å². The van der Waals surface area contributed by atoms with Gasteiger partial charge in [0.25, 0.3) is 0 Å². The molecule has 3 aliphatic rings. The molecule has 0 aromatic heterocycles. The molecule has 36 heavy (non-hydrogen) atoms. The van der Waals surface area contributed by atoms with Crippen LogP contribution in [-0.4, -0.2) is 64.6 Å². The minimum absolute atomic E-state index is 0.304. The van der Waals surface area contributed by atoms with E-state index in [0.717, 1.165) is 25.3 Å². The number of guanidine groups is 1. The normalized spacial score (nSPS) is 27.1. The van der Waals surface area contributed by atoms with E-state index in [1.54, 1.807) is 0 Å². The second-order valence-electron chi connectivity index (χ2n) is 15.0. The smallest absolute Gasteiger partial charge is 0.346 e. The zero-order valence-electron chi connectivity index (χ0n) is 25.6. The molecule has 3 aliphatic heterocycles. The molecule has 1 fully saturated rings. The fraction of sp³-hybridized carbons (Fsp3) is 0.966. The van der Waals surface area contributed by atoms with Crippen LogP contribution in [0.25, 0.3) is 0 Å². The van der Waals surface area contributed by atoms with Crippen LogP contribution in [0.1, 0.15) is 106 Å². The Labute approximate surface area is 225 Å². The standard InChI is InChI=1S/C29H59N3O2Si2/c1-28(2,3)35(7,8)33-19-13-11-15-23-21-25-17-18-26-22-24(31-27(30-23)32(25)26)16-12-14-20-34-36(9,10)29(4,5)6/h23-26H,11-22H2,1-10H3,(H,30,31)/p+1/t23-,24+,25+,26-. The lowest BCUT2D eigenvalue weighted by molar-refractivity contribution is -0.593. The molecule has 1 saturated heterocycles. The van der Waals surface area contributed by atoms with Crippen molar-refractivity contribution in [2.75, 3.05) is 13.2 Å². The summed E-state index contributed by atoms with van der Waals surface area (Å²) in [6, 6.07) is 2.70. The van der Waals surface area contributed by atoms with Gasteiger partial charge in [-0.15, -0.1) is 0 Å². The molecule has 3 heterocycles. The summed E-state index contributed by atoms with van der Waals surface area (Å²) in [5, 5.41) is 8.48. The first kappa shape index (κ1) is 30.2. The molecule has 0 aromatic rings. The number of unbranched alkanes of at least 4 members (excludes halogenated alkanes) is 2. The van der Waals surface area contributed by atoms with Crippen LogP contribution in [-0.2, 0) is 8.85 Å². The summed E-state index contributed by atoms with van der Waals surface area (Å²) in [6.07, 6.45) is 12.8. The third-order valence-corrected chi connectivity index (χ3v) is 19.2. The van der Waals surface area contributed by atoms with Crippen molar-refractivity contribution in [2.24, 2.45) is 0 Å². The van der Waals surface area contributed by atoms with Gasteiger partial charge in [-0.3, -0.25) is 15.2 Å². The number of nitrogens with one attached hydrogen (secondary N) is 2. The second kappa shape index (κ2) is 11.8. The maximum absolute atomic E-state index is 6.41. The predicted molar refractivity (Wildman–Crippen MR) is 159 cm³/mol. The molecule has 0 radical (unpaired) electrons. The maximum atomic E-state index is 6.41. The Hall–Kier alpha value is -0.376. The minimum Gasteiger partial charge on any atom is -0.417 e. The summed E-state index contributed by atoms with van der Waals surface area (Å²) in [5.74, 6) is 1.35. The molecule has 210 valence electrons. The van der Waals surface area contributed by atoms with Gasteiger partial charge >= 0.3 is 5.96 Å². The minimum atomic E-state index is -1.61. The average Bonchev–Trinajstić information content (AvgIpc) is 3.15. The van der Waals surface area contributed by atoms with Crippen molar-refractivity contribution < 1.29 is 13.4 Å². The molecule has 4 atom stereocenters. The molecular weight excluding hydrogens is 479 g/mol. The number of nitrogens with zero attached hydrogens (tertiary/aromatic N) is 1. The van der Waals surface area contributed by atoms with Gasteiger partial charge < -0.3 is 8.85 Å². The molecule has 0 aromatic carbocycles. The Morgan fingerprint density at radius 2 is 1.08 bits per heavy atom. The third-order valence-electron chi connectivity index (χ3n) is 10.1. The van der Waals surface area contributed by atoms with Crippen LogP contribution in [0.15, 0.2) is 0 Å². The van der Waals surface area contributed by atoms with Crippen molar-refractivity contribution in [1.82, 2.24) is 10.6 Å². The van der Waals surface area contributed by atoms with Crippen molar-refractivity contribution >= 4 is 22.6 Å². The maximum Gasteiger partial charge on any atom is 0.346 e. The Morgan fingerprint density at radius 1 is 0.694 bits per heavy atom. The predicted octanol–water partition coefficient (Wildman–Crippen LogP) is 6.99. The van der Waals surface area contributed by atoms with Crippen molar-refractivity contribution in [2.45, 2.75) is 166 Å². The monoisotopic (exact) mass is 538 g/mol. The highest BCUT2D eigenvalue weighted by atomic mass is 28.4. The number of hydrogen-bond acceptors (Lipinski definition) is 4. The molecule has 0 amide bonds. The van der Waals surface area contributed by atoms with E-state index >= 15 is 0 Å². The van der Waals surface area contributed by atoms with Gasteiger partial charge in [0.1, 0.15) is 0 Å². The van der Waals surface area contributed by atoms with E-state index in [4.69, 9.17) is 8.85 Å². The van der Waals surface area contributed by atoms with Crippen LogP contribution < -0.4 is 10.6 Å². The van der Waals surface area contributed by atoms with Crippen LogP contribution in [0, 0.1) is 0 Å². The van der Waals surface area contributed by atoms with Crippen LogP contribution >= 0.6 is 0 Å². The summed E-state index contributed by atoms with van der Waals surface area (Å²) in [6.45, 7) is 25.3. The molecule has 2 N–H and O–H groups in total. The van der Waals surface area contributed by atoms with E-state index in [-0.39, 0.29) is 0 Å². The summed E-state index contributed by atoms with van der Waals surface area (Å²) < 4.78 is 15.5. The van der Waals surface area contributed by atoms with E-state index in [9.17, 15) is 0 Å². The number of rotatable bonds is 12. The van der Waals surface area contributed by atoms with Crippen LogP contribution in [0.4, 0.5) is 0 Å². The van der Waals surface area contributed by atoms with Gasteiger partial charge in [-0.2, -0.15) is 0 Å². The molecule has 5 nitrogen and oxygen atoms in total. The van der Waals surface area contributed by atoms with Crippen molar-refractivity contribution in [1.29, 1.82) is 0 Å². The Kier molecular flexibility index (Phi) is 9.88. The topological polar surface area (TPSA) is 45.5 Å². The summed E-state index contributed by atoms with van der Waals surface area (Å²) in [5.41, 5.74) is 0. The fourth-order valence-electron chi connectivity index (χ4n) is 5.59. The molecule has 0 unspecified atom stereocenters. The lowest BCUT2D eigenvalue weighted by atomic mass is 9.97. The first-order chi connectivity index (χ1) is 16.6. The molecule has 3 rings (SSSR count). The van der Waals surface area contributed by atoms with Gasteiger partial charge in [0.2, 0.25) is 0 Å². The average molecular weight is 539 g/mol. The molecular formula is C29H60N3O2Si2+. The summed E-state index contributed by atoms with van der Waals surface area (Å²) in [7, 11) is -3.23. The second-order valence-corrected chi connectivity index (χ2v) is 24.6. The Bertz CT molecular complexity index is 695. The molecule has 0 saturated carbocycles. The Morgan fingerprint density at radius 3 is 1.44 bits per heavy atom. The van der Waals surface area contributed by atoms with E-state index in [0.29, 0.717) is 22.2 Å². The summed E-state index contributed by atoms with van der Waals surface area (Å²) in [4.78, 5) is 0. The van der Waals surface area contributed by atoms with Gasteiger partial charge in [-0.25, -0.2) is 0 Å². The van der Waals surface area contributed by atoms with Gasteiger partial charge in [0.15, 0.2) is 16.6 Å². The molecule has 0 spiro atoms. The largest absolute Gasteiger partial charge is 0.417 e. The van der Waals surface area contributed by atoms with Gasteiger partial charge in [0, 0.05) is 26.1 Å². The van der Waals surface area contributed by atoms with E-state index < -0.39 is 16.6 Å². The van der Waals surface area contributed by atoms with E-state index in [1.807, 2.05) is 0 Å². The highest BCUT2D eigenvalue weighted by molar-refractivity contribution is 6.74. The first-order valence-electron chi connectivity index (χ1n) is 15.1. The number of hydrogen-bond donors (Lipinski definition) is 2. The van der Waals surface area contributed by atoms with Gasteiger partial charge in [0.05, 0.1) is 24.2 Å². The van der Waals surface area contributed by atoms with Crippen molar-refractivity contribution in [3.63, 3.8) is 0 Å². The quantitative estimate of drug-likeness (QED) is 0.160. The van der Waals surface area contributed by atoms with Crippen molar-refractivity contribution in [3.8, 4) is 0 Å². The highest BCUT2D eigenvalue weighted by Crippen LogP contribution is 2.38. The van der Waals surface area contributed by atoms with Crippen LogP contribution in [0.3, 0.4) is 0 Å². The molecule has 7 heteroatoms. The molecule has 0 bridgehead atoms. The SMILES string of the molecule is CC(C)(C)[Si](C)(C)OCCCC[C@@H]1C[C@@H]2CC[C@@H]3C[C@H](CCCCO[Si](C)(C)C(C)(C)C)NC(=[N+]32)N1. The highest BCUT2D eigenvalue weighted by Gasteiger charge is 2.45. The lowest BCUT2D eigenvalue weighted by Gasteiger charge is -2.37. The zero-order valence-corrected chi connectivity index (χ0v) is 27.6. The van der Waals surface area contributed by atoms with Gasteiger partial charge in [-0.1, -0.05) is 41.5 Å².